The van der Waals surface area contributed by atoms with Gasteiger partial charge < -0.3 is 25.0 Å². The minimum Gasteiger partial charge on any atom is -0.496 e. The van der Waals surface area contributed by atoms with Gasteiger partial charge in [-0.3, -0.25) is 4.79 Å². The zero-order valence-electron chi connectivity index (χ0n) is 18.7. The predicted molar refractivity (Wildman–Crippen MR) is 127 cm³/mol. The second kappa shape index (κ2) is 9.34. The summed E-state index contributed by atoms with van der Waals surface area (Å²) in [5.74, 6) is 0.813. The van der Waals surface area contributed by atoms with E-state index in [0.717, 1.165) is 46.8 Å². The highest BCUT2D eigenvalue weighted by molar-refractivity contribution is 7.17. The molecule has 32 heavy (non-hydrogen) atoms. The van der Waals surface area contributed by atoms with Gasteiger partial charge >= 0.3 is 6.09 Å². The van der Waals surface area contributed by atoms with Crippen LogP contribution in [0.3, 0.4) is 0 Å². The van der Waals surface area contributed by atoms with Crippen LogP contribution in [0.15, 0.2) is 30.3 Å². The van der Waals surface area contributed by atoms with Gasteiger partial charge in [0, 0.05) is 36.6 Å². The number of aryl methyl sites for hydroxylation is 1. The van der Waals surface area contributed by atoms with Crippen molar-refractivity contribution < 1.29 is 19.4 Å². The fourth-order valence-corrected chi connectivity index (χ4v) is 5.48. The van der Waals surface area contributed by atoms with E-state index in [9.17, 15) is 9.59 Å². The van der Waals surface area contributed by atoms with Crippen LogP contribution in [-0.2, 0) is 0 Å². The van der Waals surface area contributed by atoms with Crippen molar-refractivity contribution in [3.05, 3.63) is 46.3 Å². The van der Waals surface area contributed by atoms with Crippen LogP contribution in [0.5, 0.6) is 5.75 Å². The average Bonchev–Trinajstić information content (AvgIpc) is 3.39. The molecule has 1 fully saturated rings. The number of ether oxygens (including phenoxy) is 1. The number of amides is 2. The summed E-state index contributed by atoms with van der Waals surface area (Å²) in [4.78, 5) is 29.7. The van der Waals surface area contributed by atoms with Gasteiger partial charge in [0.05, 0.1) is 18.0 Å². The smallest absolute Gasteiger partial charge is 0.404 e. The maximum atomic E-state index is 13.1. The van der Waals surface area contributed by atoms with Crippen molar-refractivity contribution in [2.24, 2.45) is 0 Å². The third-order valence-corrected chi connectivity index (χ3v) is 7.43. The summed E-state index contributed by atoms with van der Waals surface area (Å²) < 4.78 is 5.72. The molecule has 170 valence electrons. The quantitative estimate of drug-likeness (QED) is 0.714. The van der Waals surface area contributed by atoms with E-state index in [1.54, 1.807) is 12.0 Å². The van der Waals surface area contributed by atoms with Crippen LogP contribution < -0.4 is 10.1 Å². The SMILES string of the molecule is COc1cc(-c2cc(C)c(C(=O)N3CC[C@H](NC(=O)O)C3)s2)ccc1C1=CCN(C)CC1. The average molecular weight is 456 g/mol. The number of rotatable bonds is 5. The molecule has 1 atom stereocenters. The summed E-state index contributed by atoms with van der Waals surface area (Å²) in [6, 6.07) is 8.10. The number of carboxylic acid groups (broad SMARTS) is 1. The number of hydrogen-bond acceptors (Lipinski definition) is 5. The van der Waals surface area contributed by atoms with E-state index in [-0.39, 0.29) is 11.9 Å². The molecule has 4 rings (SSSR count). The number of nitrogens with zero attached hydrogens (tertiary/aromatic N) is 2. The molecular weight excluding hydrogens is 426 g/mol. The second-order valence-corrected chi connectivity index (χ2v) is 9.52. The number of thiophene rings is 1. The molecule has 0 aliphatic carbocycles. The van der Waals surface area contributed by atoms with Crippen molar-refractivity contribution in [1.82, 2.24) is 15.1 Å². The highest BCUT2D eigenvalue weighted by Gasteiger charge is 2.29. The number of likely N-dealkylation sites (tertiary alicyclic amines) is 1. The monoisotopic (exact) mass is 455 g/mol. The Bertz CT molecular complexity index is 1060. The lowest BCUT2D eigenvalue weighted by atomic mass is 9.97. The molecule has 7 nitrogen and oxygen atoms in total. The molecule has 3 heterocycles. The Morgan fingerprint density at radius 2 is 2.06 bits per heavy atom. The Kier molecular flexibility index (Phi) is 6.53. The lowest BCUT2D eigenvalue weighted by Crippen LogP contribution is -2.37. The minimum atomic E-state index is -1.05. The van der Waals surface area contributed by atoms with Crippen molar-refractivity contribution in [2.75, 3.05) is 40.3 Å². The van der Waals surface area contributed by atoms with Crippen LogP contribution in [0.25, 0.3) is 16.0 Å². The van der Waals surface area contributed by atoms with Crippen molar-refractivity contribution in [3.8, 4) is 16.2 Å². The van der Waals surface area contributed by atoms with E-state index >= 15 is 0 Å². The lowest BCUT2D eigenvalue weighted by molar-refractivity contribution is 0.0792. The molecule has 2 aliphatic heterocycles. The standard InChI is InChI=1S/C24H29N3O4S/c1-15-12-21(32-22(15)23(28)27-11-8-18(14-27)25-24(29)30)17-4-5-19(20(13-17)31-3)16-6-9-26(2)10-7-16/h4-6,12-13,18,25H,7-11,14H2,1-3H3,(H,29,30)/t18-/m0/s1. The maximum absolute atomic E-state index is 13.1. The van der Waals surface area contributed by atoms with Gasteiger partial charge in [0.2, 0.25) is 0 Å². The third kappa shape index (κ3) is 4.66. The largest absolute Gasteiger partial charge is 0.496 e. The minimum absolute atomic E-state index is 0.0338. The first kappa shape index (κ1) is 22.4. The Balaban J connectivity index is 1.55. The number of carbonyl (C=O) groups is 2. The zero-order chi connectivity index (χ0) is 22.8. The molecule has 1 saturated heterocycles. The van der Waals surface area contributed by atoms with Crippen LogP contribution in [0.2, 0.25) is 0 Å². The molecular formula is C24H29N3O4S. The molecule has 1 aromatic heterocycles. The zero-order valence-corrected chi connectivity index (χ0v) is 19.5. The summed E-state index contributed by atoms with van der Waals surface area (Å²) in [5.41, 5.74) is 4.40. The molecule has 2 amide bonds. The molecule has 2 N–H and O–H groups in total. The normalized spacial score (nSPS) is 19.0. The number of methoxy groups -OCH3 is 1. The highest BCUT2D eigenvalue weighted by Crippen LogP contribution is 2.38. The van der Waals surface area contributed by atoms with E-state index in [1.165, 1.54) is 16.9 Å². The molecule has 0 saturated carbocycles. The third-order valence-electron chi connectivity index (χ3n) is 6.16. The van der Waals surface area contributed by atoms with E-state index in [2.05, 4.69) is 41.5 Å². The fraction of sp³-hybridized carbons (Fsp3) is 0.417. The number of likely N-dealkylation sites (N-methyl/N-ethyl adjacent to an activating group) is 1. The van der Waals surface area contributed by atoms with Crippen molar-refractivity contribution in [2.45, 2.75) is 25.8 Å². The van der Waals surface area contributed by atoms with E-state index < -0.39 is 6.09 Å². The van der Waals surface area contributed by atoms with Crippen molar-refractivity contribution in [1.29, 1.82) is 0 Å². The van der Waals surface area contributed by atoms with Crippen LogP contribution in [0.4, 0.5) is 4.79 Å². The summed E-state index contributed by atoms with van der Waals surface area (Å²) in [7, 11) is 3.82. The molecule has 2 aliphatic rings. The summed E-state index contributed by atoms with van der Waals surface area (Å²) in [6.07, 6.45) is 2.85. The molecule has 8 heteroatoms. The Hall–Kier alpha value is -2.84. The van der Waals surface area contributed by atoms with Crippen LogP contribution >= 0.6 is 11.3 Å². The van der Waals surface area contributed by atoms with Crippen molar-refractivity contribution >= 4 is 28.9 Å². The van der Waals surface area contributed by atoms with Gasteiger partial charge in [-0.1, -0.05) is 18.2 Å². The van der Waals surface area contributed by atoms with Gasteiger partial charge in [0.25, 0.3) is 5.91 Å². The van der Waals surface area contributed by atoms with Crippen LogP contribution in [0.1, 0.15) is 33.6 Å². The van der Waals surface area contributed by atoms with Crippen LogP contribution in [0, 0.1) is 6.92 Å². The Morgan fingerprint density at radius 1 is 1.25 bits per heavy atom. The Labute approximate surface area is 192 Å². The fourth-order valence-electron chi connectivity index (χ4n) is 4.34. The van der Waals surface area contributed by atoms with Gasteiger partial charge in [-0.15, -0.1) is 11.3 Å². The Morgan fingerprint density at radius 3 is 2.75 bits per heavy atom. The topological polar surface area (TPSA) is 82.1 Å². The molecule has 0 unspecified atom stereocenters. The highest BCUT2D eigenvalue weighted by atomic mass is 32.1. The van der Waals surface area contributed by atoms with Gasteiger partial charge in [0.1, 0.15) is 5.75 Å². The summed E-state index contributed by atoms with van der Waals surface area (Å²) in [6.45, 7) is 4.89. The molecule has 0 bridgehead atoms. The number of hydrogen-bond donors (Lipinski definition) is 2. The molecule has 2 aromatic rings. The van der Waals surface area contributed by atoms with E-state index in [1.807, 2.05) is 13.0 Å². The molecule has 0 radical (unpaired) electrons. The van der Waals surface area contributed by atoms with Crippen molar-refractivity contribution in [3.63, 3.8) is 0 Å². The number of benzene rings is 1. The number of nitrogens with one attached hydrogen (secondary N) is 1. The molecule has 1 aromatic carbocycles. The van der Waals surface area contributed by atoms with Gasteiger partial charge in [-0.25, -0.2) is 4.79 Å². The van der Waals surface area contributed by atoms with Crippen LogP contribution in [-0.4, -0.2) is 73.3 Å². The second-order valence-electron chi connectivity index (χ2n) is 8.47. The van der Waals surface area contributed by atoms with Gasteiger partial charge in [-0.05, 0) is 55.6 Å². The van der Waals surface area contributed by atoms with Gasteiger partial charge in [-0.2, -0.15) is 0 Å². The first-order valence-electron chi connectivity index (χ1n) is 10.8. The summed E-state index contributed by atoms with van der Waals surface area (Å²) >= 11 is 1.48. The van der Waals surface area contributed by atoms with E-state index in [0.29, 0.717) is 24.4 Å². The number of carbonyl (C=O) groups excluding carboxylic acids is 1. The van der Waals surface area contributed by atoms with E-state index in [4.69, 9.17) is 9.84 Å². The summed E-state index contributed by atoms with van der Waals surface area (Å²) in [5, 5.41) is 11.4. The van der Waals surface area contributed by atoms with Gasteiger partial charge in [0.15, 0.2) is 0 Å². The predicted octanol–water partition coefficient (Wildman–Crippen LogP) is 3.93. The lowest BCUT2D eigenvalue weighted by Gasteiger charge is -2.23. The first-order valence-corrected chi connectivity index (χ1v) is 11.6. The first-order chi connectivity index (χ1) is 15.4. The maximum Gasteiger partial charge on any atom is 0.404 e. The molecule has 0 spiro atoms.